The van der Waals surface area contributed by atoms with Crippen LogP contribution in [0.2, 0.25) is 16.6 Å². The molecule has 4 aromatic rings. The van der Waals surface area contributed by atoms with E-state index >= 15 is 8.78 Å². The number of halogens is 2. The maximum atomic E-state index is 17.4. The zero-order chi connectivity index (χ0) is 41.3. The number of ether oxygens (including phenoxy) is 4. The molecule has 1 N–H and O–H groups in total. The van der Waals surface area contributed by atoms with Gasteiger partial charge in [0.05, 0.1) is 29.2 Å². The Morgan fingerprint density at radius 1 is 1.05 bits per heavy atom. The van der Waals surface area contributed by atoms with Gasteiger partial charge < -0.3 is 28.8 Å². The number of anilines is 1. The van der Waals surface area contributed by atoms with E-state index in [1.807, 2.05) is 32.6 Å². The lowest BCUT2D eigenvalue weighted by molar-refractivity contribution is 0.000948. The Hall–Kier alpha value is -4.74. The van der Waals surface area contributed by atoms with Gasteiger partial charge in [-0.3, -0.25) is 4.90 Å². The SMILES string of the molecule is COCOc1cc(-c2nc3c4c(nc(=O)[nH]c4c2F)N2C[C@H]4CC[C@@H]([C@H]2[C@H](C)O3)N4C(=O)OC(C)(C)C)c2c(C#C[Si](C(C)C)(C(C)C)C(C)C)c(F)ccc2c1. The molecule has 0 radical (unpaired) electrons. The molecule has 3 aliphatic rings. The van der Waals surface area contributed by atoms with Crippen LogP contribution < -0.4 is 20.1 Å². The Labute approximate surface area is 333 Å². The van der Waals surface area contributed by atoms with E-state index in [9.17, 15) is 9.59 Å². The minimum absolute atomic E-state index is 0.0491. The predicted octanol–water partition coefficient (Wildman–Crippen LogP) is 8.71. The molecular weight excluding hydrogens is 749 g/mol. The predicted molar refractivity (Wildman–Crippen MR) is 220 cm³/mol. The van der Waals surface area contributed by atoms with Gasteiger partial charge in [-0.1, -0.05) is 53.5 Å². The van der Waals surface area contributed by atoms with Gasteiger partial charge >= 0.3 is 11.8 Å². The third-order valence-corrected chi connectivity index (χ3v) is 18.3. The van der Waals surface area contributed by atoms with Crippen LogP contribution in [0.5, 0.6) is 11.6 Å². The van der Waals surface area contributed by atoms with E-state index in [4.69, 9.17) is 23.9 Å². The maximum absolute atomic E-state index is 17.4. The van der Waals surface area contributed by atoms with Gasteiger partial charge in [-0.15, -0.1) is 5.54 Å². The topological polar surface area (TPSA) is 119 Å². The lowest BCUT2D eigenvalue weighted by atomic mass is 9.95. The summed E-state index contributed by atoms with van der Waals surface area (Å²) in [5.74, 6) is 2.51. The number of carbonyl (C=O) groups is 1. The molecule has 2 bridgehead atoms. The van der Waals surface area contributed by atoms with Crippen molar-refractivity contribution in [2.75, 3.05) is 25.3 Å². The minimum Gasteiger partial charge on any atom is -0.472 e. The van der Waals surface area contributed by atoms with Crippen molar-refractivity contribution in [2.24, 2.45) is 0 Å². The highest BCUT2D eigenvalue weighted by atomic mass is 28.3. The van der Waals surface area contributed by atoms with Crippen LogP contribution >= 0.6 is 0 Å². The largest absolute Gasteiger partial charge is 0.472 e. The first-order valence-electron chi connectivity index (χ1n) is 19.9. The molecule has 2 aromatic heterocycles. The van der Waals surface area contributed by atoms with E-state index < -0.39 is 49.2 Å². The zero-order valence-corrected chi connectivity index (χ0v) is 35.7. The summed E-state index contributed by atoms with van der Waals surface area (Å²) in [5.41, 5.74) is 3.06. The van der Waals surface area contributed by atoms with E-state index in [0.717, 1.165) is 6.42 Å². The number of aromatic nitrogens is 3. The van der Waals surface area contributed by atoms with Crippen LogP contribution in [0.3, 0.4) is 0 Å². The molecule has 3 aliphatic heterocycles. The van der Waals surface area contributed by atoms with E-state index in [0.29, 0.717) is 29.5 Å². The highest BCUT2D eigenvalue weighted by Crippen LogP contribution is 2.47. The molecular formula is C43H53F2N5O6Si. The summed E-state index contributed by atoms with van der Waals surface area (Å²) >= 11 is 0. The molecule has 14 heteroatoms. The number of carbonyl (C=O) groups excluding carboxylic acids is 1. The first-order chi connectivity index (χ1) is 26.9. The summed E-state index contributed by atoms with van der Waals surface area (Å²) < 4.78 is 57.3. The Morgan fingerprint density at radius 2 is 1.75 bits per heavy atom. The summed E-state index contributed by atoms with van der Waals surface area (Å²) in [6.45, 7) is 20.7. The van der Waals surface area contributed by atoms with Crippen LogP contribution in [-0.4, -0.2) is 84.3 Å². The number of hydrogen-bond donors (Lipinski definition) is 1. The van der Waals surface area contributed by atoms with Crippen molar-refractivity contribution in [3.05, 3.63) is 51.9 Å². The van der Waals surface area contributed by atoms with E-state index in [-0.39, 0.29) is 74.9 Å². The Morgan fingerprint density at radius 3 is 2.40 bits per heavy atom. The lowest BCUT2D eigenvalue weighted by Gasteiger charge is -2.48. The number of hydrogen-bond acceptors (Lipinski definition) is 9. The fourth-order valence-corrected chi connectivity index (χ4v) is 15.0. The minimum atomic E-state index is -2.33. The van der Waals surface area contributed by atoms with Gasteiger partial charge in [0.25, 0.3) is 0 Å². The fourth-order valence-electron chi connectivity index (χ4n) is 9.78. The van der Waals surface area contributed by atoms with Crippen LogP contribution in [0.4, 0.5) is 19.4 Å². The number of rotatable bonds is 7. The van der Waals surface area contributed by atoms with E-state index in [1.54, 1.807) is 23.1 Å². The number of nitrogens with one attached hydrogen (secondary N) is 1. The van der Waals surface area contributed by atoms with Crippen molar-refractivity contribution in [3.63, 3.8) is 0 Å². The second kappa shape index (κ2) is 14.9. The van der Waals surface area contributed by atoms with Crippen LogP contribution in [0, 0.1) is 23.1 Å². The monoisotopic (exact) mass is 801 g/mol. The average molecular weight is 802 g/mol. The molecule has 0 unspecified atom stereocenters. The summed E-state index contributed by atoms with van der Waals surface area (Å²) in [6, 6.07) is 5.30. The number of piperazine rings is 1. The van der Waals surface area contributed by atoms with Crippen LogP contribution in [0.1, 0.15) is 87.6 Å². The molecule has 11 nitrogen and oxygen atoms in total. The number of fused-ring (bicyclic) bond motifs is 6. The summed E-state index contributed by atoms with van der Waals surface area (Å²) in [6.07, 6.45) is 0.395. The maximum Gasteiger partial charge on any atom is 0.410 e. The highest BCUT2D eigenvalue weighted by Gasteiger charge is 2.54. The quantitative estimate of drug-likeness (QED) is 0.111. The van der Waals surface area contributed by atoms with Crippen molar-refractivity contribution < 1.29 is 32.5 Å². The molecule has 2 fully saturated rings. The molecule has 1 amide bonds. The number of H-pyrrole nitrogens is 1. The second-order valence-corrected chi connectivity index (χ2v) is 23.1. The molecule has 2 saturated heterocycles. The van der Waals surface area contributed by atoms with Crippen molar-refractivity contribution in [2.45, 2.75) is 129 Å². The van der Waals surface area contributed by atoms with Crippen LogP contribution in [0.15, 0.2) is 29.1 Å². The van der Waals surface area contributed by atoms with Crippen molar-refractivity contribution in [1.82, 2.24) is 19.9 Å². The van der Waals surface area contributed by atoms with Gasteiger partial charge in [0.2, 0.25) is 5.88 Å². The second-order valence-electron chi connectivity index (χ2n) is 17.5. The van der Waals surface area contributed by atoms with Gasteiger partial charge in [0, 0.05) is 24.6 Å². The van der Waals surface area contributed by atoms with Crippen molar-refractivity contribution in [3.8, 4) is 34.4 Å². The summed E-state index contributed by atoms with van der Waals surface area (Å²) in [7, 11) is -0.843. The average Bonchev–Trinajstić information content (AvgIpc) is 3.37. The fraction of sp³-hybridized carbons (Fsp3) is 0.535. The third kappa shape index (κ3) is 6.90. The zero-order valence-electron chi connectivity index (χ0n) is 34.7. The number of nitrogens with zero attached hydrogens (tertiary/aromatic N) is 4. The first kappa shape index (κ1) is 40.5. The molecule has 0 spiro atoms. The number of aromatic amines is 1. The summed E-state index contributed by atoms with van der Waals surface area (Å²) in [4.78, 5) is 42.6. The molecule has 7 rings (SSSR count). The Bertz CT molecular complexity index is 2340. The molecule has 304 valence electrons. The van der Waals surface area contributed by atoms with Crippen LogP contribution in [0.25, 0.3) is 32.9 Å². The number of amides is 1. The van der Waals surface area contributed by atoms with E-state index in [2.05, 4.69) is 63.0 Å². The van der Waals surface area contributed by atoms with Gasteiger partial charge in [0.15, 0.2) is 12.6 Å². The molecule has 57 heavy (non-hydrogen) atoms. The molecule has 0 aliphatic carbocycles. The normalized spacial score (nSPS) is 20.5. The van der Waals surface area contributed by atoms with Gasteiger partial charge in [0.1, 0.15) is 48.2 Å². The Balaban J connectivity index is 1.46. The number of benzene rings is 2. The molecule has 2 aromatic carbocycles. The highest BCUT2D eigenvalue weighted by molar-refractivity contribution is 6.90. The van der Waals surface area contributed by atoms with Crippen LogP contribution in [-0.2, 0) is 9.47 Å². The molecule has 4 atom stereocenters. The van der Waals surface area contributed by atoms with Crippen molar-refractivity contribution in [1.29, 1.82) is 0 Å². The number of methoxy groups -OCH3 is 1. The summed E-state index contributed by atoms with van der Waals surface area (Å²) in [5, 5.41) is 1.11. The standard InChI is InChI=1S/C43H53F2N5O6Si/c1-22(2)57(23(3)4,24(5)6)17-16-29-31(44)14-12-26-18-28(54-21-53-11)19-30(33(26)29)36-35(45)37-34-39(48-41(51)47-37)49-20-27-13-15-32(38(49)25(7)55-40(34)46-36)50(27)42(52)56-43(8,9)10/h12,14,18-19,22-25,27,32,38H,13,15,20-21H2,1-11H3,(H,47,48,51)/t25-,27+,32-,38+/m0/s1. The van der Waals surface area contributed by atoms with E-state index in [1.165, 1.54) is 13.2 Å². The Kier molecular flexibility index (Phi) is 10.6. The molecule has 5 heterocycles. The lowest BCUT2D eigenvalue weighted by Crippen LogP contribution is -2.65. The molecule has 0 saturated carbocycles. The third-order valence-electron chi connectivity index (χ3n) is 12.0. The first-order valence-corrected chi connectivity index (χ1v) is 22.1. The van der Waals surface area contributed by atoms with Gasteiger partial charge in [-0.25, -0.2) is 23.4 Å². The van der Waals surface area contributed by atoms with Gasteiger partial charge in [-0.05, 0) is 80.7 Å². The van der Waals surface area contributed by atoms with Crippen molar-refractivity contribution >= 4 is 41.7 Å². The van der Waals surface area contributed by atoms with Gasteiger partial charge in [-0.2, -0.15) is 4.98 Å². The smallest absolute Gasteiger partial charge is 0.410 e. The number of pyridine rings is 1.